The smallest absolute Gasteiger partial charge is 0.178 e. The highest BCUT2D eigenvalue weighted by atomic mass is 32.1. The summed E-state index contributed by atoms with van der Waals surface area (Å²) >= 11 is 4.26. The van der Waals surface area contributed by atoms with Gasteiger partial charge < -0.3 is 0 Å². The highest BCUT2D eigenvalue weighted by Crippen LogP contribution is 2.17. The van der Waals surface area contributed by atoms with Gasteiger partial charge in [-0.2, -0.15) is 0 Å². The Labute approximate surface area is 116 Å². The summed E-state index contributed by atoms with van der Waals surface area (Å²) in [6, 6.07) is 14.4. The third-order valence-corrected chi connectivity index (χ3v) is 2.83. The molecule has 2 nitrogen and oxygen atoms in total. The predicted octanol–water partition coefficient (Wildman–Crippen LogP) is 3.38. The molecule has 2 aromatic rings. The fourth-order valence-corrected chi connectivity index (χ4v) is 1.83. The van der Waals surface area contributed by atoms with Crippen LogP contribution in [0.2, 0.25) is 0 Å². The maximum atomic E-state index is 10.3. The first-order valence-corrected chi connectivity index (χ1v) is 6.22. The Morgan fingerprint density at radius 1 is 0.684 bits per heavy atom. The second-order valence-corrected chi connectivity index (χ2v) is 4.52. The highest BCUT2D eigenvalue weighted by molar-refractivity contribution is 7.80. The van der Waals surface area contributed by atoms with Crippen molar-refractivity contribution in [3.63, 3.8) is 0 Å². The van der Waals surface area contributed by atoms with E-state index in [1.54, 1.807) is 0 Å². The zero-order valence-electron chi connectivity index (χ0n) is 10.1. The van der Waals surface area contributed by atoms with E-state index in [0.717, 1.165) is 4.90 Å². The quantitative estimate of drug-likeness (QED) is 0.587. The lowest BCUT2D eigenvalue weighted by Gasteiger charge is -1.96. The van der Waals surface area contributed by atoms with Crippen LogP contribution in [0.3, 0.4) is 0 Å². The summed E-state index contributed by atoms with van der Waals surface area (Å²) in [5, 5.41) is 2.52. The van der Waals surface area contributed by atoms with E-state index in [-0.39, 0.29) is 11.6 Å². The van der Waals surface area contributed by atoms with Gasteiger partial charge in [0.2, 0.25) is 0 Å². The number of carbonyl (C=O) groups is 2. The fraction of sp³-hybridized carbons (Fsp3) is 0. The molecule has 3 heteroatoms. The molecule has 3 rings (SSSR count). The molecular formula is C16H12O2S. The molecule has 0 bridgehead atoms. The summed E-state index contributed by atoms with van der Waals surface area (Å²) in [6.45, 7) is 0. The first-order valence-electron chi connectivity index (χ1n) is 5.77. The van der Waals surface area contributed by atoms with Crippen LogP contribution in [0.25, 0.3) is 10.8 Å². The van der Waals surface area contributed by atoms with E-state index < -0.39 is 0 Å². The Balaban J connectivity index is 0.000000148. The third-order valence-electron chi connectivity index (χ3n) is 2.56. The van der Waals surface area contributed by atoms with Gasteiger partial charge in [0.25, 0.3) is 0 Å². The van der Waals surface area contributed by atoms with Crippen molar-refractivity contribution in [1.82, 2.24) is 0 Å². The van der Waals surface area contributed by atoms with Crippen LogP contribution in [0, 0.1) is 0 Å². The molecule has 0 saturated heterocycles. The number of thiol groups is 1. The Morgan fingerprint density at radius 3 is 1.79 bits per heavy atom. The Hall–Kier alpha value is -2.13. The minimum absolute atomic E-state index is 0.121. The molecule has 0 radical (unpaired) electrons. The van der Waals surface area contributed by atoms with Gasteiger partial charge in [0.05, 0.1) is 0 Å². The summed E-state index contributed by atoms with van der Waals surface area (Å²) in [5.41, 5.74) is 0. The van der Waals surface area contributed by atoms with Gasteiger partial charge >= 0.3 is 0 Å². The van der Waals surface area contributed by atoms with E-state index in [1.807, 2.05) is 18.2 Å². The lowest BCUT2D eigenvalue weighted by atomic mass is 10.1. The number of rotatable bonds is 0. The topological polar surface area (TPSA) is 34.1 Å². The summed E-state index contributed by atoms with van der Waals surface area (Å²) < 4.78 is 0. The molecule has 0 heterocycles. The van der Waals surface area contributed by atoms with E-state index in [4.69, 9.17) is 0 Å². The molecule has 0 aliphatic heterocycles. The number of fused-ring (bicyclic) bond motifs is 1. The normalized spacial score (nSPS) is 13.3. The predicted molar refractivity (Wildman–Crippen MR) is 79.5 cm³/mol. The average Bonchev–Trinajstić information content (AvgIpc) is 2.43. The number of ketones is 2. The standard InChI is InChI=1S/C10H8S.C6H4O2/c11-10-6-5-8-3-1-2-4-9(8)7-10;7-5-1-2-6(8)4-3-5/h1-7,11H;1-4H. The van der Waals surface area contributed by atoms with Crippen molar-refractivity contribution in [3.05, 3.63) is 66.8 Å². The third kappa shape index (κ3) is 3.93. The lowest BCUT2D eigenvalue weighted by molar-refractivity contribution is -0.113. The van der Waals surface area contributed by atoms with Crippen molar-refractivity contribution in [2.45, 2.75) is 4.90 Å². The summed E-state index contributed by atoms with van der Waals surface area (Å²) in [4.78, 5) is 21.6. The molecular weight excluding hydrogens is 256 g/mol. The van der Waals surface area contributed by atoms with Gasteiger partial charge in [-0.15, -0.1) is 12.6 Å². The van der Waals surface area contributed by atoms with Gasteiger partial charge in [-0.05, 0) is 47.2 Å². The zero-order valence-corrected chi connectivity index (χ0v) is 11.0. The van der Waals surface area contributed by atoms with Crippen LogP contribution >= 0.6 is 12.6 Å². The van der Waals surface area contributed by atoms with E-state index in [2.05, 4.69) is 36.9 Å². The van der Waals surface area contributed by atoms with Gasteiger partial charge in [-0.25, -0.2) is 0 Å². The number of allylic oxidation sites excluding steroid dienone is 4. The first kappa shape index (κ1) is 13.3. The Bertz CT molecular complexity index is 646. The van der Waals surface area contributed by atoms with Crippen molar-refractivity contribution in [2.24, 2.45) is 0 Å². The number of benzene rings is 2. The number of hydrogen-bond acceptors (Lipinski definition) is 3. The first-order chi connectivity index (χ1) is 9.15. The van der Waals surface area contributed by atoms with Gasteiger partial charge in [0.15, 0.2) is 11.6 Å². The molecule has 0 N–H and O–H groups in total. The van der Waals surface area contributed by atoms with Crippen molar-refractivity contribution in [3.8, 4) is 0 Å². The average molecular weight is 268 g/mol. The molecule has 1 aliphatic carbocycles. The summed E-state index contributed by atoms with van der Waals surface area (Å²) in [7, 11) is 0. The molecule has 0 fully saturated rings. The molecule has 0 atom stereocenters. The molecule has 1 aliphatic rings. The lowest BCUT2D eigenvalue weighted by Crippen LogP contribution is -1.97. The zero-order chi connectivity index (χ0) is 13.7. The second kappa shape index (κ2) is 6.16. The van der Waals surface area contributed by atoms with Gasteiger partial charge in [-0.1, -0.05) is 30.3 Å². The van der Waals surface area contributed by atoms with Crippen LogP contribution < -0.4 is 0 Å². The van der Waals surface area contributed by atoms with Gasteiger partial charge in [0, 0.05) is 4.90 Å². The van der Waals surface area contributed by atoms with E-state index in [0.29, 0.717) is 0 Å². The van der Waals surface area contributed by atoms with Crippen molar-refractivity contribution >= 4 is 35.0 Å². The molecule has 0 amide bonds. The van der Waals surface area contributed by atoms with E-state index in [1.165, 1.54) is 35.1 Å². The molecule has 0 spiro atoms. The molecule has 0 aromatic heterocycles. The van der Waals surface area contributed by atoms with Gasteiger partial charge in [-0.3, -0.25) is 9.59 Å². The SMILES string of the molecule is O=C1C=CC(=O)C=C1.Sc1ccc2ccccc2c1. The fourth-order valence-electron chi connectivity index (χ4n) is 1.62. The second-order valence-electron chi connectivity index (χ2n) is 4.00. The van der Waals surface area contributed by atoms with E-state index in [9.17, 15) is 9.59 Å². The van der Waals surface area contributed by atoms with Crippen LogP contribution in [0.4, 0.5) is 0 Å². The summed E-state index contributed by atoms with van der Waals surface area (Å²) in [6.07, 6.45) is 5.01. The van der Waals surface area contributed by atoms with E-state index >= 15 is 0 Å². The van der Waals surface area contributed by atoms with Crippen molar-refractivity contribution in [1.29, 1.82) is 0 Å². The molecule has 0 unspecified atom stereocenters. The van der Waals surface area contributed by atoms with Crippen LogP contribution in [0.15, 0.2) is 71.7 Å². The van der Waals surface area contributed by atoms with Crippen LogP contribution in [-0.4, -0.2) is 11.6 Å². The van der Waals surface area contributed by atoms with Crippen molar-refractivity contribution < 1.29 is 9.59 Å². The molecule has 94 valence electrons. The number of carbonyl (C=O) groups excluding carboxylic acids is 2. The van der Waals surface area contributed by atoms with Crippen LogP contribution in [0.5, 0.6) is 0 Å². The Morgan fingerprint density at radius 2 is 1.21 bits per heavy atom. The molecule has 2 aromatic carbocycles. The highest BCUT2D eigenvalue weighted by Gasteiger charge is 1.97. The Kier molecular flexibility index (Phi) is 4.31. The maximum Gasteiger partial charge on any atom is 0.178 e. The van der Waals surface area contributed by atoms with Crippen LogP contribution in [0.1, 0.15) is 0 Å². The minimum Gasteiger partial charge on any atom is -0.290 e. The van der Waals surface area contributed by atoms with Gasteiger partial charge in [0.1, 0.15) is 0 Å². The summed E-state index contributed by atoms with van der Waals surface area (Å²) in [5.74, 6) is -0.241. The minimum atomic E-state index is -0.121. The monoisotopic (exact) mass is 268 g/mol. The molecule has 19 heavy (non-hydrogen) atoms. The van der Waals surface area contributed by atoms with Crippen molar-refractivity contribution in [2.75, 3.05) is 0 Å². The van der Waals surface area contributed by atoms with Crippen LogP contribution in [-0.2, 0) is 9.59 Å². The molecule has 0 saturated carbocycles. The largest absolute Gasteiger partial charge is 0.290 e. The maximum absolute atomic E-state index is 10.3. The number of hydrogen-bond donors (Lipinski definition) is 1.